The molecule has 0 radical (unpaired) electrons. The average Bonchev–Trinajstić information content (AvgIpc) is 3.29. The number of rotatable bonds is 10. The van der Waals surface area contributed by atoms with Crippen LogP contribution in [-0.2, 0) is 0 Å². The van der Waals surface area contributed by atoms with E-state index in [2.05, 4.69) is 25.9 Å². The molecule has 0 aliphatic rings. The molecule has 0 saturated heterocycles. The number of methoxy groups -OCH3 is 1. The number of ether oxygens (including phenoxy) is 1. The SMILES string of the molecule is COc1ccc(-c2cnc3c(Nc4ccc(C(=O)NCCNCCN)c(C)c4)nccn23)cc1. The van der Waals surface area contributed by atoms with Gasteiger partial charge in [-0.3, -0.25) is 9.20 Å². The van der Waals surface area contributed by atoms with Crippen molar-refractivity contribution in [3.8, 4) is 17.0 Å². The van der Waals surface area contributed by atoms with Crippen LogP contribution in [0.2, 0.25) is 0 Å². The number of imidazole rings is 1. The topological polar surface area (TPSA) is 119 Å². The molecule has 0 spiro atoms. The van der Waals surface area contributed by atoms with Crippen LogP contribution in [0.15, 0.2) is 61.1 Å². The lowest BCUT2D eigenvalue weighted by atomic mass is 10.1. The van der Waals surface area contributed by atoms with E-state index >= 15 is 0 Å². The maximum atomic E-state index is 12.5. The zero-order valence-corrected chi connectivity index (χ0v) is 19.3. The van der Waals surface area contributed by atoms with Crippen LogP contribution in [0.4, 0.5) is 11.5 Å². The summed E-state index contributed by atoms with van der Waals surface area (Å²) in [5.41, 5.74) is 10.5. The maximum absolute atomic E-state index is 12.5. The van der Waals surface area contributed by atoms with E-state index in [-0.39, 0.29) is 5.91 Å². The number of hydrogen-bond acceptors (Lipinski definition) is 7. The second-order valence-corrected chi connectivity index (χ2v) is 7.79. The van der Waals surface area contributed by atoms with Crippen molar-refractivity contribution >= 4 is 23.1 Å². The lowest BCUT2D eigenvalue weighted by Crippen LogP contribution is -2.34. The summed E-state index contributed by atoms with van der Waals surface area (Å²) in [6, 6.07) is 13.5. The van der Waals surface area contributed by atoms with Crippen molar-refractivity contribution in [1.29, 1.82) is 0 Å². The molecular formula is C25H29N7O2. The van der Waals surface area contributed by atoms with Crippen LogP contribution in [0, 0.1) is 6.92 Å². The van der Waals surface area contributed by atoms with Gasteiger partial charge in [-0.2, -0.15) is 0 Å². The number of nitrogens with zero attached hydrogens (tertiary/aromatic N) is 3. The third kappa shape index (κ3) is 5.16. The van der Waals surface area contributed by atoms with Crippen LogP contribution in [0.5, 0.6) is 5.75 Å². The highest BCUT2D eigenvalue weighted by Gasteiger charge is 2.13. The summed E-state index contributed by atoms with van der Waals surface area (Å²) in [5.74, 6) is 1.33. The maximum Gasteiger partial charge on any atom is 0.251 e. The first kappa shape index (κ1) is 23.2. The molecule has 0 fully saturated rings. The largest absolute Gasteiger partial charge is 0.497 e. The fraction of sp³-hybridized carbons (Fsp3) is 0.240. The summed E-state index contributed by atoms with van der Waals surface area (Å²) < 4.78 is 7.24. The van der Waals surface area contributed by atoms with Crippen molar-refractivity contribution in [3.63, 3.8) is 0 Å². The van der Waals surface area contributed by atoms with Crippen LogP contribution < -0.4 is 26.4 Å². The molecule has 0 aliphatic carbocycles. The molecule has 9 heteroatoms. The van der Waals surface area contributed by atoms with E-state index in [0.717, 1.165) is 34.8 Å². The fourth-order valence-corrected chi connectivity index (χ4v) is 3.70. The highest BCUT2D eigenvalue weighted by molar-refractivity contribution is 5.96. The van der Waals surface area contributed by atoms with Gasteiger partial charge in [-0.15, -0.1) is 0 Å². The number of aromatic nitrogens is 3. The van der Waals surface area contributed by atoms with Gasteiger partial charge in [0.15, 0.2) is 11.5 Å². The third-order valence-electron chi connectivity index (χ3n) is 5.46. The van der Waals surface area contributed by atoms with Gasteiger partial charge >= 0.3 is 0 Å². The zero-order chi connectivity index (χ0) is 23.9. The van der Waals surface area contributed by atoms with Gasteiger partial charge in [-0.1, -0.05) is 0 Å². The molecule has 0 bridgehead atoms. The van der Waals surface area contributed by atoms with E-state index in [4.69, 9.17) is 10.5 Å². The number of nitrogens with two attached hydrogens (primary N) is 1. The smallest absolute Gasteiger partial charge is 0.251 e. The number of anilines is 2. The molecular weight excluding hydrogens is 430 g/mol. The molecule has 34 heavy (non-hydrogen) atoms. The number of amides is 1. The Morgan fingerprint density at radius 2 is 1.91 bits per heavy atom. The number of carbonyl (C=O) groups excluding carboxylic acids is 1. The van der Waals surface area contributed by atoms with Crippen LogP contribution in [0.25, 0.3) is 16.9 Å². The van der Waals surface area contributed by atoms with Crippen LogP contribution in [0.1, 0.15) is 15.9 Å². The molecule has 2 aromatic heterocycles. The molecule has 176 valence electrons. The summed E-state index contributed by atoms with van der Waals surface area (Å²) in [6.45, 7) is 4.44. The Labute approximate surface area is 198 Å². The summed E-state index contributed by atoms with van der Waals surface area (Å²) in [5, 5.41) is 9.41. The summed E-state index contributed by atoms with van der Waals surface area (Å²) >= 11 is 0. The Morgan fingerprint density at radius 3 is 2.65 bits per heavy atom. The van der Waals surface area contributed by atoms with Crippen molar-refractivity contribution in [2.75, 3.05) is 38.6 Å². The van der Waals surface area contributed by atoms with Gasteiger partial charge in [-0.25, -0.2) is 9.97 Å². The van der Waals surface area contributed by atoms with E-state index in [1.807, 2.05) is 66.2 Å². The highest BCUT2D eigenvalue weighted by atomic mass is 16.5. The molecule has 2 aromatic carbocycles. The monoisotopic (exact) mass is 459 g/mol. The fourth-order valence-electron chi connectivity index (χ4n) is 3.70. The second-order valence-electron chi connectivity index (χ2n) is 7.79. The van der Waals surface area contributed by atoms with Crippen LogP contribution in [-0.4, -0.2) is 53.6 Å². The Bertz CT molecular complexity index is 1270. The van der Waals surface area contributed by atoms with Gasteiger partial charge in [0.25, 0.3) is 5.91 Å². The number of hydrogen-bond donors (Lipinski definition) is 4. The lowest BCUT2D eigenvalue weighted by Gasteiger charge is -2.12. The van der Waals surface area contributed by atoms with Crippen molar-refractivity contribution < 1.29 is 9.53 Å². The Morgan fingerprint density at radius 1 is 1.09 bits per heavy atom. The van der Waals surface area contributed by atoms with E-state index in [1.165, 1.54) is 0 Å². The van der Waals surface area contributed by atoms with E-state index in [1.54, 1.807) is 13.3 Å². The normalized spacial score (nSPS) is 10.9. The van der Waals surface area contributed by atoms with Gasteiger partial charge < -0.3 is 26.4 Å². The standard InChI is InChI=1S/C25H29N7O2/c1-17-15-19(5-8-21(17)25(33)29-12-11-27-10-9-26)31-23-24-30-16-22(32(24)14-13-28-23)18-3-6-20(34-2)7-4-18/h3-8,13-16,27H,9-12,26H2,1-2H3,(H,28,31)(H,29,33). The molecule has 5 N–H and O–H groups in total. The van der Waals surface area contributed by atoms with E-state index in [9.17, 15) is 4.79 Å². The summed E-state index contributed by atoms with van der Waals surface area (Å²) in [6.07, 6.45) is 5.44. The van der Waals surface area contributed by atoms with Gasteiger partial charge in [0, 0.05) is 55.4 Å². The predicted molar refractivity (Wildman–Crippen MR) is 134 cm³/mol. The first-order valence-electron chi connectivity index (χ1n) is 11.1. The zero-order valence-electron chi connectivity index (χ0n) is 19.3. The quantitative estimate of drug-likeness (QED) is 0.269. The van der Waals surface area contributed by atoms with Crippen molar-refractivity contribution in [2.24, 2.45) is 5.73 Å². The minimum atomic E-state index is -0.101. The Hall–Kier alpha value is -3.95. The summed E-state index contributed by atoms with van der Waals surface area (Å²) in [4.78, 5) is 21.6. The minimum Gasteiger partial charge on any atom is -0.497 e. The van der Waals surface area contributed by atoms with E-state index in [0.29, 0.717) is 36.7 Å². The third-order valence-corrected chi connectivity index (χ3v) is 5.46. The molecule has 2 heterocycles. The van der Waals surface area contributed by atoms with Gasteiger partial charge in [0.1, 0.15) is 5.75 Å². The second kappa shape index (κ2) is 10.8. The molecule has 0 saturated carbocycles. The Kier molecular flexibility index (Phi) is 7.36. The van der Waals surface area contributed by atoms with Crippen LogP contribution in [0.3, 0.4) is 0 Å². The van der Waals surface area contributed by atoms with Gasteiger partial charge in [0.05, 0.1) is 19.0 Å². The minimum absolute atomic E-state index is 0.101. The molecule has 0 unspecified atom stereocenters. The number of aryl methyl sites for hydroxylation is 1. The van der Waals surface area contributed by atoms with Gasteiger partial charge in [0.2, 0.25) is 0 Å². The first-order chi connectivity index (χ1) is 16.6. The molecule has 0 atom stereocenters. The molecule has 4 aromatic rings. The average molecular weight is 460 g/mol. The molecule has 4 rings (SSSR count). The van der Waals surface area contributed by atoms with E-state index < -0.39 is 0 Å². The number of nitrogens with one attached hydrogen (secondary N) is 3. The number of benzene rings is 2. The van der Waals surface area contributed by atoms with Crippen molar-refractivity contribution in [1.82, 2.24) is 25.0 Å². The molecule has 9 nitrogen and oxygen atoms in total. The van der Waals surface area contributed by atoms with Crippen molar-refractivity contribution in [3.05, 3.63) is 72.2 Å². The summed E-state index contributed by atoms with van der Waals surface area (Å²) in [7, 11) is 1.65. The molecule has 1 amide bonds. The number of carbonyl (C=O) groups is 1. The Balaban J connectivity index is 1.50. The van der Waals surface area contributed by atoms with Crippen molar-refractivity contribution in [2.45, 2.75) is 6.92 Å². The predicted octanol–water partition coefficient (Wildman–Crippen LogP) is 2.74. The molecule has 0 aliphatic heterocycles. The van der Waals surface area contributed by atoms with Crippen LogP contribution >= 0.6 is 0 Å². The lowest BCUT2D eigenvalue weighted by molar-refractivity contribution is 0.0953. The first-order valence-corrected chi connectivity index (χ1v) is 11.1. The van der Waals surface area contributed by atoms with Gasteiger partial charge in [-0.05, 0) is 55.0 Å². The number of fused-ring (bicyclic) bond motifs is 1. The highest BCUT2D eigenvalue weighted by Crippen LogP contribution is 2.27.